The molecular formula is C28H24N2O5. The van der Waals surface area contributed by atoms with Crippen molar-refractivity contribution in [3.8, 4) is 11.5 Å². The van der Waals surface area contributed by atoms with Crippen molar-refractivity contribution < 1.29 is 23.9 Å². The highest BCUT2D eigenvalue weighted by atomic mass is 16.6. The fourth-order valence-electron chi connectivity index (χ4n) is 6.93. The smallest absolute Gasteiger partial charge is 0.238 e. The molecule has 2 bridgehead atoms. The van der Waals surface area contributed by atoms with Crippen LogP contribution in [0.5, 0.6) is 11.5 Å². The van der Waals surface area contributed by atoms with Crippen LogP contribution in [0.25, 0.3) is 10.8 Å². The van der Waals surface area contributed by atoms with Crippen LogP contribution in [-0.4, -0.2) is 37.8 Å². The SMILES string of the molecule is COc1ccc(C2=NO[C@H]3[C@H]4C[C@@H]([C@@H]23)[C@H]2C(=O)N(c3ccc5ccccc5c3)C(=O)[C@@H]42)cc1OC. The number of rotatable bonds is 4. The van der Waals surface area contributed by atoms with E-state index >= 15 is 0 Å². The molecule has 4 aliphatic rings. The Labute approximate surface area is 202 Å². The summed E-state index contributed by atoms with van der Waals surface area (Å²) in [7, 11) is 3.20. The first-order valence-electron chi connectivity index (χ1n) is 11.9. The van der Waals surface area contributed by atoms with E-state index < -0.39 is 0 Å². The van der Waals surface area contributed by atoms with E-state index in [0.29, 0.717) is 17.2 Å². The van der Waals surface area contributed by atoms with Crippen molar-refractivity contribution in [1.82, 2.24) is 0 Å². The molecule has 0 aromatic heterocycles. The summed E-state index contributed by atoms with van der Waals surface area (Å²) in [4.78, 5) is 34.7. The number of hydrogen-bond donors (Lipinski definition) is 0. The van der Waals surface area contributed by atoms with E-state index in [1.54, 1.807) is 14.2 Å². The van der Waals surface area contributed by atoms with Crippen molar-refractivity contribution in [2.24, 2.45) is 34.7 Å². The van der Waals surface area contributed by atoms with E-state index in [0.717, 1.165) is 28.5 Å². The van der Waals surface area contributed by atoms with Crippen LogP contribution in [-0.2, 0) is 14.4 Å². The van der Waals surface area contributed by atoms with Gasteiger partial charge >= 0.3 is 0 Å². The van der Waals surface area contributed by atoms with Crippen molar-refractivity contribution >= 4 is 34.0 Å². The molecule has 3 aromatic carbocycles. The average Bonchev–Trinajstić information content (AvgIpc) is 3.63. The maximum Gasteiger partial charge on any atom is 0.238 e. The minimum atomic E-state index is -0.347. The van der Waals surface area contributed by atoms with Gasteiger partial charge in [0.05, 0.1) is 37.5 Å². The molecule has 7 rings (SSSR count). The zero-order valence-corrected chi connectivity index (χ0v) is 19.4. The van der Waals surface area contributed by atoms with Crippen LogP contribution in [0, 0.1) is 29.6 Å². The summed E-state index contributed by atoms with van der Waals surface area (Å²) in [5.41, 5.74) is 2.36. The van der Waals surface area contributed by atoms with Crippen molar-refractivity contribution in [2.75, 3.05) is 19.1 Å². The van der Waals surface area contributed by atoms with Gasteiger partial charge in [0.2, 0.25) is 11.8 Å². The van der Waals surface area contributed by atoms with Gasteiger partial charge in [-0.1, -0.05) is 35.5 Å². The highest BCUT2D eigenvalue weighted by Gasteiger charge is 2.70. The molecule has 0 N–H and O–H groups in total. The van der Waals surface area contributed by atoms with Gasteiger partial charge in [0.1, 0.15) is 6.10 Å². The molecular weight excluding hydrogens is 444 g/mol. The molecule has 3 fully saturated rings. The molecule has 2 aliphatic heterocycles. The number of ether oxygens (including phenoxy) is 2. The number of methoxy groups -OCH3 is 2. The summed E-state index contributed by atoms with van der Waals surface area (Å²) in [6.45, 7) is 0. The molecule has 176 valence electrons. The average molecular weight is 469 g/mol. The largest absolute Gasteiger partial charge is 0.493 e. The van der Waals surface area contributed by atoms with Crippen molar-refractivity contribution in [3.63, 3.8) is 0 Å². The monoisotopic (exact) mass is 468 g/mol. The first-order chi connectivity index (χ1) is 17.1. The summed E-state index contributed by atoms with van der Waals surface area (Å²) in [6.07, 6.45) is 0.623. The van der Waals surface area contributed by atoms with Gasteiger partial charge < -0.3 is 14.3 Å². The lowest BCUT2D eigenvalue weighted by atomic mass is 9.71. The summed E-state index contributed by atoms with van der Waals surface area (Å²) in [5, 5.41) is 6.52. The van der Waals surface area contributed by atoms with E-state index in [-0.39, 0.29) is 47.5 Å². The van der Waals surface area contributed by atoms with Crippen LogP contribution >= 0.6 is 0 Å². The Morgan fingerprint density at radius 3 is 2.34 bits per heavy atom. The van der Waals surface area contributed by atoms with Gasteiger partial charge in [-0.2, -0.15) is 0 Å². The minimum absolute atomic E-state index is 0.0155. The maximum absolute atomic E-state index is 13.7. The van der Waals surface area contributed by atoms with Gasteiger partial charge in [0.25, 0.3) is 0 Å². The fraction of sp³-hybridized carbons (Fsp3) is 0.321. The molecule has 2 saturated carbocycles. The topological polar surface area (TPSA) is 77.4 Å². The zero-order chi connectivity index (χ0) is 23.8. The molecule has 1 saturated heterocycles. The first-order valence-corrected chi connectivity index (χ1v) is 11.9. The summed E-state index contributed by atoms with van der Waals surface area (Å²) >= 11 is 0. The van der Waals surface area contributed by atoms with Gasteiger partial charge in [-0.15, -0.1) is 0 Å². The number of fused-ring (bicyclic) bond motifs is 9. The van der Waals surface area contributed by atoms with Gasteiger partial charge in [-0.25, -0.2) is 0 Å². The number of hydrogen-bond acceptors (Lipinski definition) is 6. The molecule has 2 heterocycles. The number of imide groups is 1. The number of carbonyl (C=O) groups is 2. The molecule has 2 amide bonds. The highest BCUT2D eigenvalue weighted by molar-refractivity contribution is 6.23. The number of amides is 2. The van der Waals surface area contributed by atoms with Gasteiger partial charge in [0, 0.05) is 17.4 Å². The Morgan fingerprint density at radius 2 is 1.57 bits per heavy atom. The van der Waals surface area contributed by atoms with Gasteiger partial charge in [-0.05, 0) is 53.4 Å². The fourth-order valence-corrected chi connectivity index (χ4v) is 6.93. The van der Waals surface area contributed by atoms with Gasteiger partial charge in [-0.3, -0.25) is 14.5 Å². The first kappa shape index (κ1) is 20.5. The van der Waals surface area contributed by atoms with E-state index in [1.165, 1.54) is 4.90 Å². The van der Waals surface area contributed by atoms with E-state index in [4.69, 9.17) is 14.3 Å². The molecule has 0 spiro atoms. The number of oxime groups is 1. The van der Waals surface area contributed by atoms with Crippen LogP contribution in [0.4, 0.5) is 5.69 Å². The lowest BCUT2D eigenvalue weighted by Gasteiger charge is -2.29. The second-order valence-corrected chi connectivity index (χ2v) is 9.80. The van der Waals surface area contributed by atoms with Crippen LogP contribution < -0.4 is 14.4 Å². The Bertz CT molecular complexity index is 1430. The van der Waals surface area contributed by atoms with Crippen molar-refractivity contribution in [2.45, 2.75) is 12.5 Å². The lowest BCUT2D eigenvalue weighted by molar-refractivity contribution is -0.125. The quantitative estimate of drug-likeness (QED) is 0.541. The molecule has 35 heavy (non-hydrogen) atoms. The summed E-state index contributed by atoms with van der Waals surface area (Å²) < 4.78 is 10.8. The maximum atomic E-state index is 13.7. The molecule has 0 unspecified atom stereocenters. The standard InChI is InChI=1S/C28H24N2O5/c1-33-20-10-8-16(12-21(20)34-2)25-24-18-13-19(26(24)35-29-25)23-22(18)27(31)30(28(23)32)17-9-7-14-5-3-4-6-15(14)11-17/h3-12,18-19,22-24,26H,13H2,1-2H3/t18-,19+,22-,23+,24+,26+/m1/s1. The second-order valence-electron chi connectivity index (χ2n) is 9.80. The normalized spacial score (nSPS) is 30.3. The van der Waals surface area contributed by atoms with Gasteiger partial charge in [0.15, 0.2) is 11.5 Å². The molecule has 7 nitrogen and oxygen atoms in total. The molecule has 3 aromatic rings. The molecule has 6 atom stereocenters. The molecule has 7 heteroatoms. The minimum Gasteiger partial charge on any atom is -0.493 e. The Hall–Kier alpha value is -3.87. The zero-order valence-electron chi connectivity index (χ0n) is 19.4. The summed E-state index contributed by atoms with van der Waals surface area (Å²) in [6, 6.07) is 19.4. The van der Waals surface area contributed by atoms with Crippen LogP contribution in [0.2, 0.25) is 0 Å². The van der Waals surface area contributed by atoms with E-state index in [2.05, 4.69) is 5.16 Å². The van der Waals surface area contributed by atoms with Crippen LogP contribution in [0.1, 0.15) is 12.0 Å². The number of carbonyl (C=O) groups excluding carboxylic acids is 2. The highest BCUT2D eigenvalue weighted by Crippen LogP contribution is 2.62. The third-order valence-corrected chi connectivity index (χ3v) is 8.36. The number of anilines is 1. The molecule has 2 aliphatic carbocycles. The summed E-state index contributed by atoms with van der Waals surface area (Å²) in [5.74, 6) is 0.350. The van der Waals surface area contributed by atoms with Crippen LogP contribution in [0.3, 0.4) is 0 Å². The Balaban J connectivity index is 1.23. The Kier molecular flexibility index (Phi) is 4.28. The van der Waals surface area contributed by atoms with E-state index in [9.17, 15) is 9.59 Å². The number of benzene rings is 3. The third kappa shape index (κ3) is 2.69. The lowest BCUT2D eigenvalue weighted by Crippen LogP contribution is -2.41. The number of nitrogens with zero attached hydrogens (tertiary/aromatic N) is 2. The predicted octanol–water partition coefficient (Wildman–Crippen LogP) is 4.03. The molecule has 0 radical (unpaired) electrons. The van der Waals surface area contributed by atoms with Crippen molar-refractivity contribution in [3.05, 3.63) is 66.2 Å². The second kappa shape index (κ2) is 7.31. The predicted molar refractivity (Wildman–Crippen MR) is 129 cm³/mol. The Morgan fingerprint density at radius 1 is 0.829 bits per heavy atom. The van der Waals surface area contributed by atoms with Crippen molar-refractivity contribution in [1.29, 1.82) is 0 Å². The third-order valence-electron chi connectivity index (χ3n) is 8.36. The van der Waals surface area contributed by atoms with E-state index in [1.807, 2.05) is 60.7 Å². The van der Waals surface area contributed by atoms with Crippen LogP contribution in [0.15, 0.2) is 65.8 Å².